The maximum atomic E-state index is 3.69. The van der Waals surface area contributed by atoms with Crippen molar-refractivity contribution in [2.45, 2.75) is 39.7 Å². The number of nitrogens with one attached hydrogen (secondary N) is 1. The van der Waals surface area contributed by atoms with E-state index in [0.717, 1.165) is 13.1 Å². The largest absolute Gasteiger partial charge is 0.311 e. The van der Waals surface area contributed by atoms with E-state index in [4.69, 9.17) is 0 Å². The molecule has 1 aliphatic rings. The van der Waals surface area contributed by atoms with Crippen molar-refractivity contribution in [3.8, 4) is 0 Å². The Morgan fingerprint density at radius 3 is 2.58 bits per heavy atom. The molecule has 2 nitrogen and oxygen atoms in total. The SMILES string of the molecule is CC(c1ccccc1)C1CN(CC(C)(C)C)CCN1. The third kappa shape index (κ3) is 4.32. The molecule has 1 aliphatic heterocycles. The van der Waals surface area contributed by atoms with Crippen LogP contribution in [0.15, 0.2) is 30.3 Å². The van der Waals surface area contributed by atoms with Crippen molar-refractivity contribution < 1.29 is 0 Å². The second-order valence-electron chi connectivity index (χ2n) is 7.06. The lowest BCUT2D eigenvalue weighted by Crippen LogP contribution is -2.54. The van der Waals surface area contributed by atoms with Crippen LogP contribution in [0.3, 0.4) is 0 Å². The Balaban J connectivity index is 1.97. The number of hydrogen-bond acceptors (Lipinski definition) is 2. The van der Waals surface area contributed by atoms with Crippen LogP contribution in [-0.2, 0) is 0 Å². The predicted octanol–water partition coefficient (Wildman–Crippen LogP) is 3.11. The van der Waals surface area contributed by atoms with Crippen LogP contribution in [0.4, 0.5) is 0 Å². The van der Waals surface area contributed by atoms with Crippen molar-refractivity contribution in [3.63, 3.8) is 0 Å². The van der Waals surface area contributed by atoms with Crippen LogP contribution in [0.25, 0.3) is 0 Å². The standard InChI is InChI=1S/C17H28N2/c1-14(15-8-6-5-7-9-15)16-12-19(11-10-18-16)13-17(2,3)4/h5-9,14,16,18H,10-13H2,1-4H3. The zero-order valence-electron chi connectivity index (χ0n) is 12.8. The fourth-order valence-corrected chi connectivity index (χ4v) is 2.98. The summed E-state index contributed by atoms with van der Waals surface area (Å²) < 4.78 is 0. The van der Waals surface area contributed by atoms with Crippen LogP contribution in [-0.4, -0.2) is 37.1 Å². The minimum atomic E-state index is 0.387. The number of benzene rings is 1. The van der Waals surface area contributed by atoms with E-state index in [1.165, 1.54) is 18.7 Å². The van der Waals surface area contributed by atoms with Gasteiger partial charge in [0.15, 0.2) is 0 Å². The molecular weight excluding hydrogens is 232 g/mol. The topological polar surface area (TPSA) is 15.3 Å². The van der Waals surface area contributed by atoms with Gasteiger partial charge in [0.2, 0.25) is 0 Å². The van der Waals surface area contributed by atoms with Crippen molar-refractivity contribution in [1.29, 1.82) is 0 Å². The van der Waals surface area contributed by atoms with Crippen molar-refractivity contribution in [1.82, 2.24) is 10.2 Å². The normalized spacial score (nSPS) is 23.3. The summed E-state index contributed by atoms with van der Waals surface area (Å²) in [7, 11) is 0. The Kier molecular flexibility index (Phi) is 4.64. The molecule has 0 saturated carbocycles. The highest BCUT2D eigenvalue weighted by Crippen LogP contribution is 2.23. The molecule has 1 aromatic carbocycles. The molecule has 1 aromatic rings. The van der Waals surface area contributed by atoms with Crippen LogP contribution < -0.4 is 5.32 Å². The Bertz CT molecular complexity index is 380. The summed E-state index contributed by atoms with van der Waals surface area (Å²) in [5.74, 6) is 0.573. The van der Waals surface area contributed by atoms with Crippen LogP contribution in [0.5, 0.6) is 0 Å². The van der Waals surface area contributed by atoms with Crippen molar-refractivity contribution in [3.05, 3.63) is 35.9 Å². The zero-order valence-corrected chi connectivity index (χ0v) is 12.8. The lowest BCUT2D eigenvalue weighted by atomic mass is 9.90. The summed E-state index contributed by atoms with van der Waals surface area (Å²) in [6, 6.07) is 11.4. The van der Waals surface area contributed by atoms with E-state index in [9.17, 15) is 0 Å². The number of piperazine rings is 1. The van der Waals surface area contributed by atoms with Crippen LogP contribution in [0, 0.1) is 5.41 Å². The molecule has 1 N–H and O–H groups in total. The van der Waals surface area contributed by atoms with Gasteiger partial charge in [0.05, 0.1) is 0 Å². The molecule has 0 spiro atoms. The second kappa shape index (κ2) is 6.06. The van der Waals surface area contributed by atoms with E-state index >= 15 is 0 Å². The lowest BCUT2D eigenvalue weighted by molar-refractivity contribution is 0.139. The molecule has 106 valence electrons. The predicted molar refractivity (Wildman–Crippen MR) is 82.5 cm³/mol. The third-order valence-corrected chi connectivity index (χ3v) is 3.92. The zero-order chi connectivity index (χ0) is 13.9. The molecule has 0 aromatic heterocycles. The average molecular weight is 260 g/mol. The molecule has 0 radical (unpaired) electrons. The summed E-state index contributed by atoms with van der Waals surface area (Å²) in [6.45, 7) is 13.9. The lowest BCUT2D eigenvalue weighted by Gasteiger charge is -2.39. The van der Waals surface area contributed by atoms with E-state index in [0.29, 0.717) is 17.4 Å². The molecule has 1 fully saturated rings. The van der Waals surface area contributed by atoms with Gasteiger partial charge in [-0.3, -0.25) is 4.90 Å². The first kappa shape index (κ1) is 14.5. The van der Waals surface area contributed by atoms with Gasteiger partial charge in [-0.25, -0.2) is 0 Å². The third-order valence-electron chi connectivity index (χ3n) is 3.92. The van der Waals surface area contributed by atoms with Crippen molar-refractivity contribution in [2.75, 3.05) is 26.2 Å². The highest BCUT2D eigenvalue weighted by molar-refractivity contribution is 5.21. The second-order valence-corrected chi connectivity index (χ2v) is 7.06. The Hall–Kier alpha value is -0.860. The molecule has 19 heavy (non-hydrogen) atoms. The molecule has 0 bridgehead atoms. The first-order chi connectivity index (χ1) is 8.96. The monoisotopic (exact) mass is 260 g/mol. The highest BCUT2D eigenvalue weighted by atomic mass is 15.2. The van der Waals surface area contributed by atoms with Gasteiger partial charge in [0.25, 0.3) is 0 Å². The molecule has 2 unspecified atom stereocenters. The van der Waals surface area contributed by atoms with E-state index in [1.54, 1.807) is 0 Å². The molecule has 0 amide bonds. The molecule has 2 heteroatoms. The van der Waals surface area contributed by atoms with Crippen LogP contribution >= 0.6 is 0 Å². The van der Waals surface area contributed by atoms with Crippen molar-refractivity contribution >= 4 is 0 Å². The molecule has 1 heterocycles. The molecular formula is C17H28N2. The maximum Gasteiger partial charge on any atom is 0.0261 e. The number of hydrogen-bond donors (Lipinski definition) is 1. The molecule has 0 aliphatic carbocycles. The highest BCUT2D eigenvalue weighted by Gasteiger charge is 2.27. The summed E-state index contributed by atoms with van der Waals surface area (Å²) in [5, 5.41) is 3.69. The number of nitrogens with zero attached hydrogens (tertiary/aromatic N) is 1. The van der Waals surface area contributed by atoms with E-state index in [-0.39, 0.29) is 0 Å². The molecule has 2 atom stereocenters. The Labute approximate surface area is 118 Å². The Morgan fingerprint density at radius 2 is 1.95 bits per heavy atom. The minimum absolute atomic E-state index is 0.387. The smallest absolute Gasteiger partial charge is 0.0261 e. The maximum absolute atomic E-state index is 3.69. The fraction of sp³-hybridized carbons (Fsp3) is 0.647. The summed E-state index contributed by atoms with van der Waals surface area (Å²) in [5.41, 5.74) is 1.83. The molecule has 2 rings (SSSR count). The number of rotatable bonds is 3. The summed E-state index contributed by atoms with van der Waals surface area (Å²) in [4.78, 5) is 2.61. The first-order valence-corrected chi connectivity index (χ1v) is 7.46. The summed E-state index contributed by atoms with van der Waals surface area (Å²) in [6.07, 6.45) is 0. The molecule has 1 saturated heterocycles. The fourth-order valence-electron chi connectivity index (χ4n) is 2.98. The van der Waals surface area contributed by atoms with E-state index in [2.05, 4.69) is 68.2 Å². The van der Waals surface area contributed by atoms with Gasteiger partial charge in [-0.05, 0) is 16.9 Å². The van der Waals surface area contributed by atoms with E-state index < -0.39 is 0 Å². The van der Waals surface area contributed by atoms with Crippen LogP contribution in [0.1, 0.15) is 39.2 Å². The Morgan fingerprint density at radius 1 is 1.26 bits per heavy atom. The van der Waals surface area contributed by atoms with Gasteiger partial charge >= 0.3 is 0 Å². The van der Waals surface area contributed by atoms with Gasteiger partial charge in [-0.2, -0.15) is 0 Å². The van der Waals surface area contributed by atoms with Gasteiger partial charge in [0.1, 0.15) is 0 Å². The van der Waals surface area contributed by atoms with Crippen molar-refractivity contribution in [2.24, 2.45) is 5.41 Å². The quantitative estimate of drug-likeness (QED) is 0.898. The van der Waals surface area contributed by atoms with Gasteiger partial charge < -0.3 is 5.32 Å². The van der Waals surface area contributed by atoms with Gasteiger partial charge in [-0.1, -0.05) is 58.0 Å². The summed E-state index contributed by atoms with van der Waals surface area (Å²) >= 11 is 0. The minimum Gasteiger partial charge on any atom is -0.311 e. The van der Waals surface area contributed by atoms with Crippen LogP contribution in [0.2, 0.25) is 0 Å². The van der Waals surface area contributed by atoms with E-state index in [1.807, 2.05) is 0 Å². The van der Waals surface area contributed by atoms with Gasteiger partial charge in [-0.15, -0.1) is 0 Å². The first-order valence-electron chi connectivity index (χ1n) is 7.46. The average Bonchev–Trinajstić information content (AvgIpc) is 2.37. The van der Waals surface area contributed by atoms with Gasteiger partial charge in [0, 0.05) is 32.2 Å².